The van der Waals surface area contributed by atoms with Gasteiger partial charge < -0.3 is 49.6 Å². The lowest BCUT2D eigenvalue weighted by Gasteiger charge is -2.46. The van der Waals surface area contributed by atoms with E-state index in [9.17, 15) is 30.6 Å². The van der Waals surface area contributed by atoms with E-state index in [2.05, 4.69) is 12.7 Å². The van der Waals surface area contributed by atoms with E-state index in [1.165, 1.54) is 0 Å². The third-order valence-corrected chi connectivity index (χ3v) is 10.3. The first-order chi connectivity index (χ1) is 19.7. The Morgan fingerprint density at radius 3 is 2.40 bits per heavy atom. The minimum atomic E-state index is -1.61. The van der Waals surface area contributed by atoms with E-state index in [4.69, 9.17) is 18.9 Å². The predicted molar refractivity (Wildman–Crippen MR) is 155 cm³/mol. The Labute approximate surface area is 249 Å². The lowest BCUT2D eigenvalue weighted by Crippen LogP contribution is -2.61. The number of hydrogen-bond donors (Lipinski definition) is 6. The lowest BCUT2D eigenvalue weighted by atomic mass is 9.68. The summed E-state index contributed by atoms with van der Waals surface area (Å²) in [5, 5.41) is 66.2. The highest BCUT2D eigenvalue weighted by molar-refractivity contribution is 5.43. The lowest BCUT2D eigenvalue weighted by molar-refractivity contribution is -0.319. The van der Waals surface area contributed by atoms with Crippen LogP contribution in [0.5, 0.6) is 0 Å². The molecule has 13 atom stereocenters. The number of aliphatic hydroxyl groups is 6. The summed E-state index contributed by atoms with van der Waals surface area (Å²) in [5.41, 5.74) is 0.955. The van der Waals surface area contributed by atoms with Crippen LogP contribution in [0.15, 0.2) is 35.5 Å². The van der Waals surface area contributed by atoms with Crippen molar-refractivity contribution in [2.45, 2.75) is 108 Å². The van der Waals surface area contributed by atoms with Crippen molar-refractivity contribution in [1.82, 2.24) is 0 Å². The summed E-state index contributed by atoms with van der Waals surface area (Å²) in [6.07, 6.45) is -4.22. The van der Waals surface area contributed by atoms with Crippen LogP contribution >= 0.6 is 0 Å². The van der Waals surface area contributed by atoms with Crippen molar-refractivity contribution in [2.24, 2.45) is 29.1 Å². The maximum absolute atomic E-state index is 12.0. The molecule has 1 aliphatic heterocycles. The monoisotopic (exact) mass is 596 g/mol. The van der Waals surface area contributed by atoms with Gasteiger partial charge in [-0.25, -0.2) is 0 Å². The maximum atomic E-state index is 12.0. The van der Waals surface area contributed by atoms with Gasteiger partial charge in [0.2, 0.25) is 0 Å². The SMILES string of the molecule is C=CC(C)(C)OC[C@H]1O[C@H](O[C@@H]2C3=C([C@H](C)CO)C[C@H](O)[C@]3(C)C=C3[C@@H](COC)CC[C@H]3[C@@H](C)[C@H]2O)[C@@H](O)[C@@H](O)[C@@H]1O. The second-order valence-electron chi connectivity index (χ2n) is 13.5. The van der Waals surface area contributed by atoms with Crippen molar-refractivity contribution >= 4 is 0 Å². The van der Waals surface area contributed by atoms with E-state index < -0.39 is 60.0 Å². The summed E-state index contributed by atoms with van der Waals surface area (Å²) in [6, 6.07) is 0. The van der Waals surface area contributed by atoms with Crippen molar-refractivity contribution in [2.75, 3.05) is 26.9 Å². The molecule has 6 N–H and O–H groups in total. The normalized spacial score (nSPS) is 43.3. The van der Waals surface area contributed by atoms with E-state index in [1.54, 1.807) is 27.0 Å². The Morgan fingerprint density at radius 1 is 1.10 bits per heavy atom. The fraction of sp³-hybridized carbons (Fsp3) is 0.812. The predicted octanol–water partition coefficient (Wildman–Crippen LogP) is 1.47. The molecule has 0 bridgehead atoms. The first kappa shape index (κ1) is 33.7. The van der Waals surface area contributed by atoms with Crippen LogP contribution in [0.25, 0.3) is 0 Å². The fourth-order valence-corrected chi connectivity index (χ4v) is 7.33. The Morgan fingerprint density at radius 2 is 1.79 bits per heavy atom. The van der Waals surface area contributed by atoms with Crippen molar-refractivity contribution in [3.63, 3.8) is 0 Å². The molecular weight excluding hydrogens is 544 g/mol. The van der Waals surface area contributed by atoms with E-state index in [0.717, 1.165) is 24.0 Å². The number of aliphatic hydroxyl groups excluding tert-OH is 6. The van der Waals surface area contributed by atoms with Gasteiger partial charge in [-0.05, 0) is 57.4 Å². The second-order valence-corrected chi connectivity index (χ2v) is 13.5. The summed E-state index contributed by atoms with van der Waals surface area (Å²) in [5.74, 6) is -0.378. The van der Waals surface area contributed by atoms with Crippen molar-refractivity contribution in [3.8, 4) is 0 Å². The summed E-state index contributed by atoms with van der Waals surface area (Å²) in [6.45, 7) is 13.4. The summed E-state index contributed by atoms with van der Waals surface area (Å²) < 4.78 is 23.9. The van der Waals surface area contributed by atoms with Gasteiger partial charge in [0.1, 0.15) is 30.5 Å². The van der Waals surface area contributed by atoms with Crippen molar-refractivity contribution in [3.05, 3.63) is 35.5 Å². The average Bonchev–Trinajstić information content (AvgIpc) is 3.46. The van der Waals surface area contributed by atoms with E-state index in [0.29, 0.717) is 18.6 Å². The van der Waals surface area contributed by atoms with Gasteiger partial charge in [0, 0.05) is 31.0 Å². The van der Waals surface area contributed by atoms with Crippen LogP contribution in [-0.4, -0.2) is 112 Å². The highest BCUT2D eigenvalue weighted by atomic mass is 16.7. The van der Waals surface area contributed by atoms with Crippen molar-refractivity contribution in [1.29, 1.82) is 0 Å². The molecule has 3 aliphatic carbocycles. The van der Waals surface area contributed by atoms with Gasteiger partial charge in [-0.1, -0.05) is 37.1 Å². The zero-order chi connectivity index (χ0) is 31.1. The van der Waals surface area contributed by atoms with E-state index in [-0.39, 0.29) is 36.9 Å². The summed E-state index contributed by atoms with van der Waals surface area (Å²) >= 11 is 0. The molecule has 1 saturated heterocycles. The number of hydrogen-bond acceptors (Lipinski definition) is 10. The zero-order valence-electron chi connectivity index (χ0n) is 25.8. The minimum Gasteiger partial charge on any atom is -0.396 e. The first-order valence-corrected chi connectivity index (χ1v) is 15.2. The van der Waals surface area contributed by atoms with Crippen LogP contribution in [0.2, 0.25) is 0 Å². The Hall–Kier alpha value is -1.18. The molecule has 4 rings (SSSR count). The number of methoxy groups -OCH3 is 1. The molecule has 1 saturated carbocycles. The fourth-order valence-electron chi connectivity index (χ4n) is 7.33. The molecule has 1 heterocycles. The number of ether oxygens (including phenoxy) is 4. The standard InChI is InChI=1S/C32H52O10/c1-8-31(4,5)40-15-22-26(36)27(37)28(38)30(41-22)42-29-24-20(16(2)13-33)11-23(34)32(24,6)12-21-18(14-39-7)9-10-19(21)17(3)25(29)35/h8,12,16-19,22-23,25-30,33-38H,1,9-11,13-15H2,2-7H3/t16-,17-,18-,19+,22-,23+,25-,26-,27+,28+,29-,30-,32+/m1/s1. The molecule has 4 aliphatic rings. The molecule has 0 radical (unpaired) electrons. The van der Waals surface area contributed by atoms with Crippen LogP contribution in [-0.2, 0) is 18.9 Å². The zero-order valence-corrected chi connectivity index (χ0v) is 25.8. The van der Waals surface area contributed by atoms with Crippen LogP contribution in [0.4, 0.5) is 0 Å². The second kappa shape index (κ2) is 13.0. The van der Waals surface area contributed by atoms with Crippen LogP contribution in [0.1, 0.15) is 53.9 Å². The molecule has 10 nitrogen and oxygen atoms in total. The molecule has 0 aromatic rings. The summed E-state index contributed by atoms with van der Waals surface area (Å²) in [4.78, 5) is 0. The van der Waals surface area contributed by atoms with E-state index >= 15 is 0 Å². The molecular formula is C32H52O10. The quantitative estimate of drug-likeness (QED) is 0.204. The van der Waals surface area contributed by atoms with Gasteiger partial charge in [-0.2, -0.15) is 0 Å². The Balaban J connectivity index is 1.76. The molecule has 0 aromatic carbocycles. The smallest absolute Gasteiger partial charge is 0.187 e. The first-order valence-electron chi connectivity index (χ1n) is 15.2. The molecule has 42 heavy (non-hydrogen) atoms. The molecule has 0 aromatic heterocycles. The van der Waals surface area contributed by atoms with Crippen LogP contribution < -0.4 is 0 Å². The maximum Gasteiger partial charge on any atom is 0.187 e. The largest absolute Gasteiger partial charge is 0.396 e. The van der Waals surface area contributed by atoms with Gasteiger partial charge >= 0.3 is 0 Å². The van der Waals surface area contributed by atoms with Gasteiger partial charge in [0.15, 0.2) is 6.29 Å². The molecule has 10 heteroatoms. The van der Waals surface area contributed by atoms with Gasteiger partial charge in [-0.3, -0.25) is 0 Å². The highest BCUT2D eigenvalue weighted by Crippen LogP contribution is 2.55. The highest BCUT2D eigenvalue weighted by Gasteiger charge is 2.55. The molecule has 0 spiro atoms. The Kier molecular flexibility index (Phi) is 10.5. The third kappa shape index (κ3) is 6.18. The minimum absolute atomic E-state index is 0.0306. The van der Waals surface area contributed by atoms with E-state index in [1.807, 2.05) is 20.8 Å². The number of rotatable bonds is 10. The van der Waals surface area contributed by atoms with Crippen LogP contribution in [0, 0.1) is 29.1 Å². The topological polar surface area (TPSA) is 158 Å². The van der Waals surface area contributed by atoms with Crippen molar-refractivity contribution < 1.29 is 49.6 Å². The molecule has 0 unspecified atom stereocenters. The molecule has 2 fully saturated rings. The third-order valence-electron chi connectivity index (χ3n) is 10.3. The van der Waals surface area contributed by atoms with Gasteiger partial charge in [0.05, 0.1) is 31.0 Å². The Bertz CT molecular complexity index is 1020. The molecule has 240 valence electrons. The average molecular weight is 597 g/mol. The number of fused-ring (bicyclic) bond motifs is 2. The van der Waals surface area contributed by atoms with Crippen LogP contribution in [0.3, 0.4) is 0 Å². The van der Waals surface area contributed by atoms with Gasteiger partial charge in [-0.15, -0.1) is 6.58 Å². The molecule has 0 amide bonds. The van der Waals surface area contributed by atoms with Gasteiger partial charge in [0.25, 0.3) is 0 Å². The summed E-state index contributed by atoms with van der Waals surface area (Å²) in [7, 11) is 1.68.